The van der Waals surface area contributed by atoms with E-state index in [-0.39, 0.29) is 41.7 Å². The van der Waals surface area contributed by atoms with Crippen molar-refractivity contribution >= 4 is 29.4 Å². The van der Waals surface area contributed by atoms with E-state index < -0.39 is 52.0 Å². The fraction of sp³-hybridized carbons (Fsp3) is 0.286. The van der Waals surface area contributed by atoms with E-state index in [4.69, 9.17) is 5.73 Å². The fourth-order valence-electron chi connectivity index (χ4n) is 6.07. The van der Waals surface area contributed by atoms with Crippen molar-refractivity contribution in [3.8, 4) is 16.9 Å². The van der Waals surface area contributed by atoms with E-state index in [1.807, 2.05) is 0 Å². The summed E-state index contributed by atoms with van der Waals surface area (Å²) >= 11 is 0. The molecule has 0 fully saturated rings. The lowest BCUT2D eigenvalue weighted by Crippen LogP contribution is -2.57. The molecule has 0 heterocycles. The van der Waals surface area contributed by atoms with Gasteiger partial charge in [0.25, 0.3) is 5.91 Å². The van der Waals surface area contributed by atoms with Crippen molar-refractivity contribution in [2.24, 2.45) is 17.6 Å². The van der Waals surface area contributed by atoms with Crippen LogP contribution in [0.2, 0.25) is 0 Å². The number of phenols is 1. The van der Waals surface area contributed by atoms with Gasteiger partial charge in [0.05, 0.1) is 5.56 Å². The van der Waals surface area contributed by atoms with E-state index in [9.17, 15) is 39.6 Å². The van der Waals surface area contributed by atoms with E-state index in [2.05, 4.69) is 0 Å². The second-order valence-corrected chi connectivity index (χ2v) is 10.2. The summed E-state index contributed by atoms with van der Waals surface area (Å²) in [4.78, 5) is 52.0. The van der Waals surface area contributed by atoms with Gasteiger partial charge in [0, 0.05) is 48.8 Å². The molecular formula is C28H26N2O8. The molecule has 2 aromatic carbocycles. The number of carbonyl (C=O) groups is 4. The van der Waals surface area contributed by atoms with Crippen molar-refractivity contribution in [2.45, 2.75) is 24.9 Å². The molecule has 3 aliphatic carbocycles. The lowest BCUT2D eigenvalue weighted by atomic mass is 9.60. The van der Waals surface area contributed by atoms with Crippen molar-refractivity contribution in [1.82, 2.24) is 0 Å². The predicted molar refractivity (Wildman–Crippen MR) is 136 cm³/mol. The number of rotatable bonds is 4. The van der Waals surface area contributed by atoms with Gasteiger partial charge in [-0.3, -0.25) is 19.2 Å². The lowest BCUT2D eigenvalue weighted by molar-refractivity contribution is -0.144. The largest absolute Gasteiger partial charge is 0.511 e. The van der Waals surface area contributed by atoms with Crippen molar-refractivity contribution in [2.75, 3.05) is 19.0 Å². The Morgan fingerprint density at radius 2 is 1.84 bits per heavy atom. The summed E-state index contributed by atoms with van der Waals surface area (Å²) in [7, 11) is 3.55. The molecule has 1 amide bonds. The van der Waals surface area contributed by atoms with Crippen molar-refractivity contribution in [1.29, 1.82) is 0 Å². The van der Waals surface area contributed by atoms with E-state index in [0.717, 1.165) is 0 Å². The van der Waals surface area contributed by atoms with E-state index in [0.29, 0.717) is 28.7 Å². The number of aliphatic hydroxyl groups is 3. The average molecular weight is 519 g/mol. The number of amides is 1. The van der Waals surface area contributed by atoms with E-state index in [1.165, 1.54) is 0 Å². The van der Waals surface area contributed by atoms with Crippen LogP contribution in [0.5, 0.6) is 5.75 Å². The molecule has 0 bridgehead atoms. The third kappa shape index (κ3) is 3.37. The van der Waals surface area contributed by atoms with Gasteiger partial charge in [0.15, 0.2) is 11.4 Å². The van der Waals surface area contributed by atoms with Gasteiger partial charge >= 0.3 is 0 Å². The Morgan fingerprint density at radius 3 is 2.47 bits per heavy atom. The maximum atomic E-state index is 13.9. The molecule has 10 heteroatoms. The first-order valence-electron chi connectivity index (χ1n) is 12.0. The molecule has 196 valence electrons. The molecule has 3 atom stereocenters. The van der Waals surface area contributed by atoms with Crippen LogP contribution in [-0.4, -0.2) is 63.9 Å². The standard InChI is InChI=1S/C28H26N2O8/c1-30(2)18-10-16(13-5-3-4-12(6-13)11-31)23(33)21-17(18)8-14-7-15-9-19(32)22(27(29)37)26(36)28(15,38)25(35)20(14)24(21)34/h3-6,10-11,14-15,32-33,35,38H,7-9H2,1-2H3,(H2,29,37)/t14-,15+,28+/m1/s1. The molecule has 5 rings (SSSR count). The summed E-state index contributed by atoms with van der Waals surface area (Å²) in [6.45, 7) is 0. The van der Waals surface area contributed by atoms with Crippen LogP contribution in [0.25, 0.3) is 11.1 Å². The first-order chi connectivity index (χ1) is 17.9. The fourth-order valence-corrected chi connectivity index (χ4v) is 6.07. The molecule has 10 nitrogen and oxygen atoms in total. The maximum Gasteiger partial charge on any atom is 0.255 e. The molecule has 0 spiro atoms. The van der Waals surface area contributed by atoms with Gasteiger partial charge in [0.2, 0.25) is 5.78 Å². The van der Waals surface area contributed by atoms with Crippen molar-refractivity contribution < 1.29 is 39.6 Å². The number of benzene rings is 2. The Labute approximate surface area is 217 Å². The number of phenolic OH excluding ortho intramolecular Hbond substituents is 1. The molecular weight excluding hydrogens is 492 g/mol. The van der Waals surface area contributed by atoms with Crippen LogP contribution in [0.3, 0.4) is 0 Å². The van der Waals surface area contributed by atoms with Gasteiger partial charge in [-0.2, -0.15) is 0 Å². The van der Waals surface area contributed by atoms with Crippen molar-refractivity contribution in [3.05, 3.63) is 69.7 Å². The van der Waals surface area contributed by atoms with Gasteiger partial charge in [0.1, 0.15) is 29.1 Å². The highest BCUT2D eigenvalue weighted by Gasteiger charge is 2.59. The minimum atomic E-state index is -2.62. The third-order valence-corrected chi connectivity index (χ3v) is 7.85. The number of nitrogens with two attached hydrogens (primary N) is 1. The first kappa shape index (κ1) is 25.2. The monoisotopic (exact) mass is 518 g/mol. The number of anilines is 1. The highest BCUT2D eigenvalue weighted by molar-refractivity contribution is 6.24. The third-order valence-electron chi connectivity index (χ3n) is 7.85. The number of aliphatic hydroxyl groups excluding tert-OH is 2. The zero-order valence-electron chi connectivity index (χ0n) is 20.7. The summed E-state index contributed by atoms with van der Waals surface area (Å²) in [5.74, 6) is -6.73. The summed E-state index contributed by atoms with van der Waals surface area (Å²) in [6.07, 6.45) is 0.633. The number of Topliss-reactive ketones (excluding diaryl/α,β-unsaturated/α-hetero) is 2. The quantitative estimate of drug-likeness (QED) is 0.299. The topological polar surface area (TPSA) is 178 Å². The SMILES string of the molecule is CN(C)c1cc(-c2cccc(C=O)c2)c(O)c2c1C[C@H]1C[C@H]3CC(O)=C(C(N)=O)C(=O)[C@@]3(O)C(O)=C1C2=O. The lowest BCUT2D eigenvalue weighted by Gasteiger charge is -2.46. The molecule has 2 aromatic rings. The van der Waals surface area contributed by atoms with Crippen LogP contribution in [0.4, 0.5) is 5.69 Å². The number of aromatic hydroxyl groups is 1. The van der Waals surface area contributed by atoms with E-state index >= 15 is 0 Å². The molecule has 0 aliphatic heterocycles. The number of carbonyl (C=O) groups excluding carboxylic acids is 4. The Bertz CT molecular complexity index is 1520. The van der Waals surface area contributed by atoms with Gasteiger partial charge in [-0.05, 0) is 42.0 Å². The molecule has 0 saturated carbocycles. The first-order valence-corrected chi connectivity index (χ1v) is 12.0. The number of hydrogen-bond acceptors (Lipinski definition) is 9. The average Bonchev–Trinajstić information content (AvgIpc) is 2.86. The van der Waals surface area contributed by atoms with Crippen molar-refractivity contribution in [3.63, 3.8) is 0 Å². The van der Waals surface area contributed by atoms with Crippen LogP contribution in [0.15, 0.2) is 53.0 Å². The van der Waals surface area contributed by atoms with Gasteiger partial charge < -0.3 is 31.1 Å². The minimum absolute atomic E-state index is 0.0552. The molecule has 3 aliphatic rings. The van der Waals surface area contributed by atoms with Crippen LogP contribution >= 0.6 is 0 Å². The zero-order valence-corrected chi connectivity index (χ0v) is 20.7. The summed E-state index contributed by atoms with van der Waals surface area (Å²) in [5, 5.41) is 44.3. The second-order valence-electron chi connectivity index (χ2n) is 10.2. The Morgan fingerprint density at radius 1 is 1.13 bits per heavy atom. The van der Waals surface area contributed by atoms with Crippen LogP contribution in [-0.2, 0) is 16.0 Å². The van der Waals surface area contributed by atoms with Crippen LogP contribution in [0.1, 0.15) is 39.1 Å². The van der Waals surface area contributed by atoms with Gasteiger partial charge in [-0.15, -0.1) is 0 Å². The summed E-state index contributed by atoms with van der Waals surface area (Å²) in [6, 6.07) is 8.21. The number of aldehydes is 1. The Kier molecular flexibility index (Phi) is 5.68. The number of fused-ring (bicyclic) bond motifs is 3. The Balaban J connectivity index is 1.73. The number of allylic oxidation sites excluding steroid dienone is 2. The number of nitrogens with zero attached hydrogens (tertiary/aromatic N) is 1. The molecule has 38 heavy (non-hydrogen) atoms. The molecule has 0 saturated heterocycles. The summed E-state index contributed by atoms with van der Waals surface area (Å²) in [5.41, 5.74) is 3.80. The molecule has 6 N–H and O–H groups in total. The van der Waals surface area contributed by atoms with Gasteiger partial charge in [-0.1, -0.05) is 18.2 Å². The number of primary amides is 1. The second kappa shape index (κ2) is 8.56. The van der Waals surface area contributed by atoms with E-state index in [1.54, 1.807) is 49.3 Å². The summed E-state index contributed by atoms with van der Waals surface area (Å²) < 4.78 is 0. The molecule has 0 unspecified atom stereocenters. The molecule has 0 aromatic heterocycles. The highest BCUT2D eigenvalue weighted by atomic mass is 16.3. The number of hydrogen-bond donors (Lipinski definition) is 5. The molecule has 0 radical (unpaired) electrons. The van der Waals surface area contributed by atoms with Crippen LogP contribution in [0, 0.1) is 11.8 Å². The minimum Gasteiger partial charge on any atom is -0.511 e. The van der Waals surface area contributed by atoms with Gasteiger partial charge in [-0.25, -0.2) is 0 Å². The number of ketones is 2. The maximum absolute atomic E-state index is 13.9. The normalized spacial score (nSPS) is 24.5. The zero-order chi connectivity index (χ0) is 27.7. The Hall–Kier alpha value is -4.44. The highest BCUT2D eigenvalue weighted by Crippen LogP contribution is 2.53. The predicted octanol–water partition coefficient (Wildman–Crippen LogP) is 2.13. The van der Waals surface area contributed by atoms with Crippen LogP contribution < -0.4 is 10.6 Å². The smallest absolute Gasteiger partial charge is 0.255 e.